The van der Waals surface area contributed by atoms with E-state index in [4.69, 9.17) is 4.42 Å². The second kappa shape index (κ2) is 9.17. The van der Waals surface area contributed by atoms with Gasteiger partial charge >= 0.3 is 0 Å². The van der Waals surface area contributed by atoms with E-state index in [1.807, 2.05) is 6.07 Å². The number of hydrogen-bond acceptors (Lipinski definition) is 5. The van der Waals surface area contributed by atoms with Crippen LogP contribution in [0.4, 0.5) is 9.39 Å². The molecular weight excluding hydrogens is 425 g/mol. The molecule has 32 heavy (non-hydrogen) atoms. The molecule has 5 nitrogen and oxygen atoms in total. The van der Waals surface area contributed by atoms with Crippen molar-refractivity contribution < 1.29 is 13.6 Å². The molecule has 2 aliphatic rings. The highest BCUT2D eigenvalue weighted by molar-refractivity contribution is 7.16. The summed E-state index contributed by atoms with van der Waals surface area (Å²) < 4.78 is 19.7. The number of halogens is 1. The summed E-state index contributed by atoms with van der Waals surface area (Å²) in [5.74, 6) is -0.178. The third kappa shape index (κ3) is 4.25. The van der Waals surface area contributed by atoms with Crippen molar-refractivity contribution in [3.8, 4) is 0 Å². The van der Waals surface area contributed by atoms with Crippen molar-refractivity contribution in [3.05, 3.63) is 75.8 Å². The van der Waals surface area contributed by atoms with Gasteiger partial charge in [0.15, 0.2) is 5.76 Å². The van der Waals surface area contributed by atoms with E-state index in [0.29, 0.717) is 5.76 Å². The summed E-state index contributed by atoms with van der Waals surface area (Å²) in [6.07, 6.45) is 5.84. The van der Waals surface area contributed by atoms with Crippen molar-refractivity contribution in [2.45, 2.75) is 31.7 Å². The Balaban J connectivity index is 1.61. The SMILES string of the molecule is CN1CCN(C(c2cccc(F)c2)c2c(NC(=O)c3ccco3)sc3c2CCCC3)CC1. The zero-order chi connectivity index (χ0) is 22.1. The van der Waals surface area contributed by atoms with Crippen LogP contribution in [0.25, 0.3) is 0 Å². The minimum atomic E-state index is -0.244. The van der Waals surface area contributed by atoms with Gasteiger partial charge in [-0.25, -0.2) is 4.39 Å². The summed E-state index contributed by atoms with van der Waals surface area (Å²) in [5, 5.41) is 4.00. The van der Waals surface area contributed by atoms with Gasteiger partial charge in [-0.3, -0.25) is 9.69 Å². The molecule has 3 heterocycles. The minimum absolute atomic E-state index is 0.0931. The largest absolute Gasteiger partial charge is 0.459 e. The van der Waals surface area contributed by atoms with Crippen LogP contribution in [0.15, 0.2) is 47.1 Å². The van der Waals surface area contributed by atoms with Crippen LogP contribution < -0.4 is 5.32 Å². The number of nitrogens with zero attached hydrogens (tertiary/aromatic N) is 2. The second-order valence-corrected chi connectivity index (χ2v) is 9.79. The molecule has 2 aromatic heterocycles. The standard InChI is InChI=1S/C25H28FN3O2S/c1-28-11-13-29(14-12-28)23(17-6-4-7-18(26)16-17)22-19-8-2-3-10-21(19)32-25(22)27-24(30)20-9-5-15-31-20/h4-7,9,15-16,23H,2-3,8,10-14H2,1H3,(H,27,30). The summed E-state index contributed by atoms with van der Waals surface area (Å²) in [6.45, 7) is 3.72. The second-order valence-electron chi connectivity index (χ2n) is 8.68. The van der Waals surface area contributed by atoms with Crippen molar-refractivity contribution >= 4 is 22.2 Å². The van der Waals surface area contributed by atoms with Crippen molar-refractivity contribution in [2.24, 2.45) is 0 Å². The Morgan fingerprint density at radius 1 is 1.12 bits per heavy atom. The van der Waals surface area contributed by atoms with Gasteiger partial charge in [-0.2, -0.15) is 0 Å². The molecule has 1 aliphatic heterocycles. The molecule has 1 amide bonds. The molecule has 7 heteroatoms. The lowest BCUT2D eigenvalue weighted by Crippen LogP contribution is -2.46. The normalized spacial score (nSPS) is 18.3. The molecule has 0 spiro atoms. The number of aryl methyl sites for hydroxylation is 1. The lowest BCUT2D eigenvalue weighted by molar-refractivity contribution is 0.0996. The van der Waals surface area contributed by atoms with Gasteiger partial charge < -0.3 is 14.6 Å². The van der Waals surface area contributed by atoms with E-state index in [9.17, 15) is 9.18 Å². The van der Waals surface area contributed by atoms with Crippen LogP contribution in [0.1, 0.15) is 51.0 Å². The Bertz CT molecular complexity index is 1090. The van der Waals surface area contributed by atoms with E-state index in [1.165, 1.54) is 22.8 Å². The molecule has 1 atom stereocenters. The summed E-state index contributed by atoms with van der Waals surface area (Å²) in [6, 6.07) is 10.2. The number of thiophene rings is 1. The van der Waals surface area contributed by atoms with Crippen molar-refractivity contribution in [1.29, 1.82) is 0 Å². The molecule has 1 unspecified atom stereocenters. The molecule has 5 rings (SSSR count). The number of piperazine rings is 1. The quantitative estimate of drug-likeness (QED) is 0.594. The van der Waals surface area contributed by atoms with E-state index in [0.717, 1.165) is 68.0 Å². The summed E-state index contributed by atoms with van der Waals surface area (Å²) in [5.41, 5.74) is 3.41. The van der Waals surface area contributed by atoms with Crippen LogP contribution in [0.3, 0.4) is 0 Å². The number of anilines is 1. The predicted molar refractivity (Wildman–Crippen MR) is 125 cm³/mol. The number of hydrogen-bond donors (Lipinski definition) is 1. The number of carbonyl (C=O) groups is 1. The number of benzene rings is 1. The van der Waals surface area contributed by atoms with Crippen molar-refractivity contribution in [1.82, 2.24) is 9.80 Å². The third-order valence-corrected chi connectivity index (χ3v) is 7.75. The molecule has 1 saturated heterocycles. The fourth-order valence-electron chi connectivity index (χ4n) is 4.86. The van der Waals surface area contributed by atoms with Crippen LogP contribution in [0.2, 0.25) is 0 Å². The number of fused-ring (bicyclic) bond motifs is 1. The molecule has 0 saturated carbocycles. The van der Waals surface area contributed by atoms with Crippen LogP contribution in [0, 0.1) is 5.82 Å². The van der Waals surface area contributed by atoms with Crippen LogP contribution in [0.5, 0.6) is 0 Å². The molecule has 1 fully saturated rings. The van der Waals surface area contributed by atoms with E-state index in [2.05, 4.69) is 22.2 Å². The Morgan fingerprint density at radius 2 is 1.94 bits per heavy atom. The smallest absolute Gasteiger partial charge is 0.291 e. The van der Waals surface area contributed by atoms with Gasteiger partial charge in [0, 0.05) is 36.6 Å². The number of carbonyl (C=O) groups excluding carboxylic acids is 1. The van der Waals surface area contributed by atoms with Gasteiger partial charge in [-0.15, -0.1) is 11.3 Å². The first-order chi connectivity index (χ1) is 15.6. The third-order valence-electron chi connectivity index (χ3n) is 6.53. The Morgan fingerprint density at radius 3 is 2.69 bits per heavy atom. The number of amides is 1. The monoisotopic (exact) mass is 453 g/mol. The molecule has 1 aliphatic carbocycles. The van der Waals surface area contributed by atoms with Gasteiger partial charge in [0.05, 0.1) is 12.3 Å². The number of nitrogens with one attached hydrogen (secondary N) is 1. The fourth-order valence-corrected chi connectivity index (χ4v) is 6.18. The zero-order valence-corrected chi connectivity index (χ0v) is 19.1. The van der Waals surface area contributed by atoms with Gasteiger partial charge in [0.1, 0.15) is 10.8 Å². The highest BCUT2D eigenvalue weighted by Gasteiger charge is 2.33. The van der Waals surface area contributed by atoms with E-state index in [-0.39, 0.29) is 17.8 Å². The molecule has 0 bridgehead atoms. The van der Waals surface area contributed by atoms with Crippen molar-refractivity contribution in [3.63, 3.8) is 0 Å². The molecular formula is C25H28FN3O2S. The maximum atomic E-state index is 14.3. The van der Waals surface area contributed by atoms with Crippen molar-refractivity contribution in [2.75, 3.05) is 38.5 Å². The molecule has 1 N–H and O–H groups in total. The average Bonchev–Trinajstić information content (AvgIpc) is 3.44. The highest BCUT2D eigenvalue weighted by Crippen LogP contribution is 2.45. The fraction of sp³-hybridized carbons (Fsp3) is 0.400. The van der Waals surface area contributed by atoms with Gasteiger partial charge in [-0.1, -0.05) is 12.1 Å². The maximum absolute atomic E-state index is 14.3. The number of likely N-dealkylation sites (N-methyl/N-ethyl adjacent to an activating group) is 1. The number of furan rings is 1. The van der Waals surface area contributed by atoms with Gasteiger partial charge in [0.2, 0.25) is 0 Å². The zero-order valence-electron chi connectivity index (χ0n) is 18.3. The average molecular weight is 454 g/mol. The highest BCUT2D eigenvalue weighted by atomic mass is 32.1. The first-order valence-electron chi connectivity index (χ1n) is 11.3. The van der Waals surface area contributed by atoms with E-state index >= 15 is 0 Å². The molecule has 3 aromatic rings. The molecule has 1 aromatic carbocycles. The lowest BCUT2D eigenvalue weighted by Gasteiger charge is -2.39. The summed E-state index contributed by atoms with van der Waals surface area (Å²) in [4.78, 5) is 19.0. The van der Waals surface area contributed by atoms with Crippen LogP contribution in [-0.4, -0.2) is 48.9 Å². The first-order valence-corrected chi connectivity index (χ1v) is 12.1. The van der Waals surface area contributed by atoms with Gasteiger partial charge in [0.25, 0.3) is 5.91 Å². The summed E-state index contributed by atoms with van der Waals surface area (Å²) in [7, 11) is 2.13. The number of rotatable bonds is 5. The van der Waals surface area contributed by atoms with Crippen LogP contribution >= 0.6 is 11.3 Å². The lowest BCUT2D eigenvalue weighted by atomic mass is 9.88. The Labute approximate surface area is 191 Å². The predicted octanol–water partition coefficient (Wildman–Crippen LogP) is 4.95. The summed E-state index contributed by atoms with van der Waals surface area (Å²) >= 11 is 1.67. The Hall–Kier alpha value is -2.48. The van der Waals surface area contributed by atoms with E-state index in [1.54, 1.807) is 35.6 Å². The Kier molecular flexibility index (Phi) is 6.13. The molecule has 168 valence electrons. The van der Waals surface area contributed by atoms with Gasteiger partial charge in [-0.05, 0) is 68.1 Å². The molecule has 0 radical (unpaired) electrons. The van der Waals surface area contributed by atoms with Crippen LogP contribution in [-0.2, 0) is 12.8 Å². The topological polar surface area (TPSA) is 48.7 Å². The minimum Gasteiger partial charge on any atom is -0.459 e. The van der Waals surface area contributed by atoms with E-state index < -0.39 is 0 Å². The first kappa shape index (κ1) is 21.4. The maximum Gasteiger partial charge on any atom is 0.291 e.